The second-order valence-electron chi connectivity index (χ2n) is 7.67. The minimum Gasteiger partial charge on any atom is -0.495 e. The summed E-state index contributed by atoms with van der Waals surface area (Å²) in [4.78, 5) is 25.3. The second kappa shape index (κ2) is 10.5. The van der Waals surface area contributed by atoms with Gasteiger partial charge in [0.2, 0.25) is 0 Å². The molecule has 3 rings (SSSR count). The first-order chi connectivity index (χ1) is 15.0. The molecule has 0 atom stereocenters. The number of benzene rings is 3. The summed E-state index contributed by atoms with van der Waals surface area (Å²) in [6, 6.07) is 18.4. The third kappa shape index (κ3) is 5.98. The largest absolute Gasteiger partial charge is 0.495 e. The van der Waals surface area contributed by atoms with Crippen LogP contribution in [0.3, 0.4) is 0 Å². The van der Waals surface area contributed by atoms with Crippen LogP contribution in [-0.4, -0.2) is 32.1 Å². The van der Waals surface area contributed by atoms with E-state index in [9.17, 15) is 9.59 Å². The smallest absolute Gasteiger partial charge is 0.259 e. The van der Waals surface area contributed by atoms with E-state index in [0.29, 0.717) is 35.2 Å². The first-order valence-electron chi connectivity index (χ1n) is 10.3. The first kappa shape index (κ1) is 22.2. The molecule has 0 aliphatic carbocycles. The highest BCUT2D eigenvalue weighted by atomic mass is 16.5. The topological polar surface area (TPSA) is 76.7 Å². The fraction of sp³-hybridized carbons (Fsp3) is 0.280. The van der Waals surface area contributed by atoms with Crippen LogP contribution in [0.4, 0.5) is 5.69 Å². The Kier molecular flexibility index (Phi) is 7.49. The first-order valence-corrected chi connectivity index (χ1v) is 10.3. The summed E-state index contributed by atoms with van der Waals surface area (Å²) in [5, 5.41) is 7.54. The third-order valence-corrected chi connectivity index (χ3v) is 4.85. The Bertz CT molecular complexity index is 1060. The third-order valence-electron chi connectivity index (χ3n) is 4.85. The summed E-state index contributed by atoms with van der Waals surface area (Å²) in [7, 11) is 1.55. The van der Waals surface area contributed by atoms with Crippen LogP contribution in [0.15, 0.2) is 60.7 Å². The molecule has 162 valence electrons. The molecule has 0 radical (unpaired) electrons. The minimum absolute atomic E-state index is 0.161. The van der Waals surface area contributed by atoms with Crippen LogP contribution in [0.1, 0.15) is 30.6 Å². The highest BCUT2D eigenvalue weighted by Crippen LogP contribution is 2.29. The Morgan fingerprint density at radius 1 is 0.935 bits per heavy atom. The number of hydrogen-bond acceptors (Lipinski definition) is 4. The monoisotopic (exact) mass is 420 g/mol. The summed E-state index contributed by atoms with van der Waals surface area (Å²) in [5.41, 5.74) is 0.903. The number of hydrogen-bond donors (Lipinski definition) is 2. The van der Waals surface area contributed by atoms with Crippen molar-refractivity contribution in [2.24, 2.45) is 5.92 Å². The van der Waals surface area contributed by atoms with E-state index in [4.69, 9.17) is 9.47 Å². The second-order valence-corrected chi connectivity index (χ2v) is 7.67. The molecule has 0 bridgehead atoms. The lowest BCUT2D eigenvalue weighted by Gasteiger charge is -2.15. The molecule has 6 heteroatoms. The van der Waals surface area contributed by atoms with Crippen molar-refractivity contribution in [2.75, 3.05) is 25.6 Å². The van der Waals surface area contributed by atoms with Crippen LogP contribution in [0, 0.1) is 5.92 Å². The Balaban J connectivity index is 1.81. The predicted molar refractivity (Wildman–Crippen MR) is 123 cm³/mol. The number of nitrogens with one attached hydrogen (secondary N) is 2. The molecule has 0 heterocycles. The van der Waals surface area contributed by atoms with Gasteiger partial charge in [-0.05, 0) is 47.4 Å². The summed E-state index contributed by atoms with van der Waals surface area (Å²) in [5.74, 6) is 0.857. The Morgan fingerprint density at radius 2 is 1.61 bits per heavy atom. The summed E-state index contributed by atoms with van der Waals surface area (Å²) in [6.45, 7) is 4.64. The van der Waals surface area contributed by atoms with Crippen molar-refractivity contribution >= 4 is 28.3 Å². The molecule has 3 aromatic rings. The zero-order valence-electron chi connectivity index (χ0n) is 18.1. The Hall–Kier alpha value is -3.54. The van der Waals surface area contributed by atoms with Crippen molar-refractivity contribution in [1.82, 2.24) is 5.32 Å². The van der Waals surface area contributed by atoms with Gasteiger partial charge in [-0.25, -0.2) is 0 Å². The van der Waals surface area contributed by atoms with E-state index in [0.717, 1.165) is 17.2 Å². The van der Waals surface area contributed by atoms with E-state index in [1.54, 1.807) is 31.4 Å². The van der Waals surface area contributed by atoms with Gasteiger partial charge in [0, 0.05) is 6.54 Å². The number of fused-ring (bicyclic) bond motifs is 1. The quantitative estimate of drug-likeness (QED) is 0.529. The van der Waals surface area contributed by atoms with Crippen molar-refractivity contribution in [3.8, 4) is 11.5 Å². The van der Waals surface area contributed by atoms with E-state index < -0.39 is 0 Å². The lowest BCUT2D eigenvalue weighted by atomic mass is 10.1. The molecule has 0 unspecified atom stereocenters. The average molecular weight is 421 g/mol. The van der Waals surface area contributed by atoms with E-state index in [-0.39, 0.29) is 18.4 Å². The normalized spacial score (nSPS) is 10.7. The molecule has 2 N–H and O–H groups in total. The molecule has 31 heavy (non-hydrogen) atoms. The summed E-state index contributed by atoms with van der Waals surface area (Å²) in [6.07, 6.45) is 0.897. The maximum atomic E-state index is 13.1. The highest BCUT2D eigenvalue weighted by molar-refractivity contribution is 6.09. The van der Waals surface area contributed by atoms with Gasteiger partial charge in [-0.2, -0.15) is 0 Å². The molecular weight excluding hydrogens is 392 g/mol. The van der Waals surface area contributed by atoms with E-state index >= 15 is 0 Å². The van der Waals surface area contributed by atoms with Gasteiger partial charge in [-0.1, -0.05) is 50.2 Å². The number of anilines is 1. The van der Waals surface area contributed by atoms with Crippen LogP contribution < -0.4 is 20.1 Å². The average Bonchev–Trinajstić information content (AvgIpc) is 2.77. The fourth-order valence-electron chi connectivity index (χ4n) is 3.15. The van der Waals surface area contributed by atoms with Gasteiger partial charge in [0.15, 0.2) is 6.61 Å². The van der Waals surface area contributed by atoms with Crippen LogP contribution in [0.5, 0.6) is 11.5 Å². The van der Waals surface area contributed by atoms with Gasteiger partial charge in [0.25, 0.3) is 11.8 Å². The van der Waals surface area contributed by atoms with Gasteiger partial charge >= 0.3 is 0 Å². The maximum absolute atomic E-state index is 13.1. The minimum atomic E-state index is -0.342. The number of amides is 2. The number of ether oxygens (including phenoxy) is 2. The SMILES string of the molecule is COc1ccccc1NC(=O)c1cc2ccccc2cc1OCC(=O)NCCC(C)C. The lowest BCUT2D eigenvalue weighted by molar-refractivity contribution is -0.123. The molecule has 2 amide bonds. The van der Waals surface area contributed by atoms with Crippen molar-refractivity contribution in [3.05, 3.63) is 66.2 Å². The van der Waals surface area contributed by atoms with Gasteiger partial charge in [-0.3, -0.25) is 9.59 Å². The number of carbonyl (C=O) groups is 2. The lowest BCUT2D eigenvalue weighted by Crippen LogP contribution is -2.30. The summed E-state index contributed by atoms with van der Waals surface area (Å²) < 4.78 is 11.1. The molecular formula is C25H28N2O4. The molecule has 6 nitrogen and oxygen atoms in total. The molecule has 0 aliphatic rings. The highest BCUT2D eigenvalue weighted by Gasteiger charge is 2.17. The molecule has 3 aromatic carbocycles. The molecule has 0 saturated heterocycles. The van der Waals surface area contributed by atoms with Gasteiger partial charge < -0.3 is 20.1 Å². The van der Waals surface area contributed by atoms with Gasteiger partial charge in [0.1, 0.15) is 11.5 Å². The Labute approximate surface area is 182 Å². The number of para-hydroxylation sites is 2. The standard InChI is InChI=1S/C25H28N2O4/c1-17(2)12-13-26-24(28)16-31-23-15-19-9-5-4-8-18(19)14-20(23)25(29)27-21-10-6-7-11-22(21)30-3/h4-11,14-15,17H,12-13,16H2,1-3H3,(H,26,28)(H,27,29). The van der Waals surface area contributed by atoms with Crippen molar-refractivity contribution in [1.29, 1.82) is 0 Å². The van der Waals surface area contributed by atoms with Crippen molar-refractivity contribution in [2.45, 2.75) is 20.3 Å². The number of carbonyl (C=O) groups excluding carboxylic acids is 2. The number of rotatable bonds is 9. The molecule has 0 saturated carbocycles. The summed E-state index contributed by atoms with van der Waals surface area (Å²) >= 11 is 0. The predicted octanol–water partition coefficient (Wildman–Crippen LogP) is 4.64. The molecule has 0 aromatic heterocycles. The zero-order valence-corrected chi connectivity index (χ0v) is 18.1. The van der Waals surface area contributed by atoms with Crippen LogP contribution >= 0.6 is 0 Å². The van der Waals surface area contributed by atoms with Gasteiger partial charge in [0.05, 0.1) is 18.4 Å². The van der Waals surface area contributed by atoms with Crippen LogP contribution in [0.25, 0.3) is 10.8 Å². The van der Waals surface area contributed by atoms with Gasteiger partial charge in [-0.15, -0.1) is 0 Å². The fourth-order valence-corrected chi connectivity index (χ4v) is 3.15. The van der Waals surface area contributed by atoms with Crippen molar-refractivity contribution < 1.29 is 19.1 Å². The molecule has 0 aliphatic heterocycles. The van der Waals surface area contributed by atoms with E-state index in [1.807, 2.05) is 36.4 Å². The zero-order chi connectivity index (χ0) is 22.2. The maximum Gasteiger partial charge on any atom is 0.259 e. The van der Waals surface area contributed by atoms with E-state index in [1.165, 1.54) is 0 Å². The molecule has 0 spiro atoms. The van der Waals surface area contributed by atoms with Crippen LogP contribution in [0.2, 0.25) is 0 Å². The Morgan fingerprint density at radius 3 is 2.32 bits per heavy atom. The van der Waals surface area contributed by atoms with Crippen LogP contribution in [-0.2, 0) is 4.79 Å². The van der Waals surface area contributed by atoms with E-state index in [2.05, 4.69) is 24.5 Å². The van der Waals surface area contributed by atoms with Crippen molar-refractivity contribution in [3.63, 3.8) is 0 Å². The molecule has 0 fully saturated rings. The number of methoxy groups -OCH3 is 1.